The van der Waals surface area contributed by atoms with Gasteiger partial charge in [0, 0.05) is 12.1 Å². The molecule has 1 amide bonds. The fraction of sp³-hybridized carbons (Fsp3) is 0.467. The van der Waals surface area contributed by atoms with Gasteiger partial charge in [0.25, 0.3) is 5.91 Å². The zero-order chi connectivity index (χ0) is 14.8. The first-order chi connectivity index (χ1) is 9.61. The number of alkyl halides is 1. The summed E-state index contributed by atoms with van der Waals surface area (Å²) in [4.78, 5) is 21.9. The van der Waals surface area contributed by atoms with Crippen LogP contribution in [0.5, 0.6) is 0 Å². The Hall–Kier alpha value is -1.36. The molecule has 1 rings (SSSR count). The third kappa shape index (κ3) is 6.70. The number of hydrogen-bond donors (Lipinski definition) is 2. The van der Waals surface area contributed by atoms with Crippen LogP contribution in [-0.2, 0) is 4.79 Å². The van der Waals surface area contributed by atoms with Crippen LogP contribution in [0.4, 0.5) is 0 Å². The summed E-state index contributed by atoms with van der Waals surface area (Å²) in [6, 6.07) is 9.14. The molecule has 20 heavy (non-hydrogen) atoms. The standard InChI is InChI=1S/C15H20BrNO3/c16-13(15(19)20)10-6-1-2-7-11-17-14(18)12-8-4-3-5-9-12/h3-5,8-9,13H,1-2,6-7,10-11H2,(H,17,18)(H,19,20). The molecule has 0 saturated carbocycles. The Labute approximate surface area is 127 Å². The van der Waals surface area contributed by atoms with Gasteiger partial charge < -0.3 is 10.4 Å². The highest BCUT2D eigenvalue weighted by atomic mass is 79.9. The van der Waals surface area contributed by atoms with Crippen molar-refractivity contribution in [3.05, 3.63) is 35.9 Å². The van der Waals surface area contributed by atoms with E-state index >= 15 is 0 Å². The molecule has 1 unspecified atom stereocenters. The van der Waals surface area contributed by atoms with E-state index < -0.39 is 10.8 Å². The molecule has 0 aliphatic carbocycles. The number of unbranched alkanes of at least 4 members (excludes halogenated alkanes) is 3. The molecule has 0 heterocycles. The molecule has 0 aliphatic rings. The molecule has 1 aromatic carbocycles. The van der Waals surface area contributed by atoms with Gasteiger partial charge >= 0.3 is 5.97 Å². The lowest BCUT2D eigenvalue weighted by Gasteiger charge is -2.06. The molecule has 4 nitrogen and oxygen atoms in total. The lowest BCUT2D eigenvalue weighted by molar-refractivity contribution is -0.136. The van der Waals surface area contributed by atoms with E-state index in [0.29, 0.717) is 18.5 Å². The van der Waals surface area contributed by atoms with Crippen LogP contribution in [0.1, 0.15) is 42.5 Å². The van der Waals surface area contributed by atoms with E-state index in [0.717, 1.165) is 25.7 Å². The topological polar surface area (TPSA) is 66.4 Å². The Bertz CT molecular complexity index is 422. The second-order valence-corrected chi connectivity index (χ2v) is 5.74. The number of carbonyl (C=O) groups excluding carboxylic acids is 1. The van der Waals surface area contributed by atoms with Crippen LogP contribution in [0, 0.1) is 0 Å². The summed E-state index contributed by atoms with van der Waals surface area (Å²) < 4.78 is 0. The van der Waals surface area contributed by atoms with Crippen LogP contribution in [-0.4, -0.2) is 28.4 Å². The van der Waals surface area contributed by atoms with Crippen molar-refractivity contribution in [2.45, 2.75) is 36.9 Å². The van der Waals surface area contributed by atoms with Crippen molar-refractivity contribution in [1.29, 1.82) is 0 Å². The molecular weight excluding hydrogens is 322 g/mol. The van der Waals surface area contributed by atoms with Crippen molar-refractivity contribution in [3.8, 4) is 0 Å². The molecule has 0 bridgehead atoms. The number of aliphatic carboxylic acids is 1. The normalized spacial score (nSPS) is 11.8. The molecule has 0 radical (unpaired) electrons. The number of hydrogen-bond acceptors (Lipinski definition) is 2. The first-order valence-corrected chi connectivity index (χ1v) is 7.73. The SMILES string of the molecule is O=C(NCCCCCCC(Br)C(=O)O)c1ccccc1. The minimum atomic E-state index is -0.805. The highest BCUT2D eigenvalue weighted by Crippen LogP contribution is 2.11. The fourth-order valence-electron chi connectivity index (χ4n) is 1.82. The predicted molar refractivity (Wildman–Crippen MR) is 82.2 cm³/mol. The molecule has 110 valence electrons. The van der Waals surface area contributed by atoms with Crippen molar-refractivity contribution in [2.75, 3.05) is 6.54 Å². The molecular formula is C15H20BrNO3. The molecule has 5 heteroatoms. The smallest absolute Gasteiger partial charge is 0.317 e. The second kappa shape index (κ2) is 9.53. The Morgan fingerprint density at radius 2 is 1.75 bits per heavy atom. The number of carbonyl (C=O) groups is 2. The van der Waals surface area contributed by atoms with Gasteiger partial charge in [-0.15, -0.1) is 0 Å². The van der Waals surface area contributed by atoms with Crippen LogP contribution >= 0.6 is 15.9 Å². The fourth-order valence-corrected chi connectivity index (χ4v) is 2.14. The summed E-state index contributed by atoms with van der Waals surface area (Å²) in [7, 11) is 0. The Morgan fingerprint density at radius 1 is 1.10 bits per heavy atom. The highest BCUT2D eigenvalue weighted by molar-refractivity contribution is 9.10. The quantitative estimate of drug-likeness (QED) is 0.535. The van der Waals surface area contributed by atoms with Gasteiger partial charge in [-0.1, -0.05) is 53.4 Å². The monoisotopic (exact) mass is 341 g/mol. The number of carboxylic acid groups (broad SMARTS) is 1. The van der Waals surface area contributed by atoms with Crippen molar-refractivity contribution in [2.24, 2.45) is 0 Å². The molecule has 0 fully saturated rings. The van der Waals surface area contributed by atoms with Crippen LogP contribution in [0.3, 0.4) is 0 Å². The Morgan fingerprint density at radius 3 is 2.40 bits per heavy atom. The zero-order valence-corrected chi connectivity index (χ0v) is 12.9. The van der Waals surface area contributed by atoms with Gasteiger partial charge in [0.15, 0.2) is 0 Å². The first-order valence-electron chi connectivity index (χ1n) is 6.81. The predicted octanol–water partition coefficient (Wildman–Crippen LogP) is 3.22. The minimum Gasteiger partial charge on any atom is -0.480 e. The largest absolute Gasteiger partial charge is 0.480 e. The van der Waals surface area contributed by atoms with Gasteiger partial charge in [-0.05, 0) is 25.0 Å². The van der Waals surface area contributed by atoms with E-state index in [2.05, 4.69) is 21.2 Å². The summed E-state index contributed by atoms with van der Waals surface area (Å²) in [5.41, 5.74) is 0.677. The maximum absolute atomic E-state index is 11.7. The van der Waals surface area contributed by atoms with Crippen molar-refractivity contribution >= 4 is 27.8 Å². The van der Waals surface area contributed by atoms with Crippen LogP contribution in [0.2, 0.25) is 0 Å². The molecule has 0 spiro atoms. The zero-order valence-electron chi connectivity index (χ0n) is 11.3. The molecule has 1 atom stereocenters. The Balaban J connectivity index is 2.03. The van der Waals surface area contributed by atoms with Gasteiger partial charge in [0.05, 0.1) is 0 Å². The number of rotatable bonds is 9. The third-order valence-corrected chi connectivity index (χ3v) is 3.82. The average Bonchev–Trinajstić information content (AvgIpc) is 2.46. The number of amides is 1. The van der Waals surface area contributed by atoms with Crippen LogP contribution in [0.25, 0.3) is 0 Å². The minimum absolute atomic E-state index is 0.0444. The number of nitrogens with one attached hydrogen (secondary N) is 1. The highest BCUT2D eigenvalue weighted by Gasteiger charge is 2.11. The summed E-state index contributed by atoms with van der Waals surface area (Å²) in [5.74, 6) is -0.850. The number of halogens is 1. The average molecular weight is 342 g/mol. The van der Waals surface area contributed by atoms with Gasteiger partial charge in [-0.2, -0.15) is 0 Å². The molecule has 0 saturated heterocycles. The van der Waals surface area contributed by atoms with Gasteiger partial charge in [0.1, 0.15) is 4.83 Å². The maximum Gasteiger partial charge on any atom is 0.317 e. The third-order valence-electron chi connectivity index (χ3n) is 2.97. The van der Waals surface area contributed by atoms with Crippen molar-refractivity contribution < 1.29 is 14.7 Å². The van der Waals surface area contributed by atoms with Gasteiger partial charge in [-0.25, -0.2) is 0 Å². The summed E-state index contributed by atoms with van der Waals surface area (Å²) in [5, 5.41) is 11.6. The first kappa shape index (κ1) is 16.7. The van der Waals surface area contributed by atoms with Crippen molar-refractivity contribution in [1.82, 2.24) is 5.32 Å². The summed E-state index contributed by atoms with van der Waals surface area (Å²) in [6.45, 7) is 0.657. The number of benzene rings is 1. The molecule has 0 aromatic heterocycles. The van der Waals surface area contributed by atoms with Crippen LogP contribution < -0.4 is 5.32 Å². The number of carboxylic acids is 1. The van der Waals surface area contributed by atoms with Gasteiger partial charge in [0.2, 0.25) is 0 Å². The second-order valence-electron chi connectivity index (χ2n) is 4.63. The van der Waals surface area contributed by atoms with Crippen LogP contribution in [0.15, 0.2) is 30.3 Å². The molecule has 2 N–H and O–H groups in total. The van der Waals surface area contributed by atoms with E-state index in [9.17, 15) is 9.59 Å². The lowest BCUT2D eigenvalue weighted by atomic mass is 10.1. The van der Waals surface area contributed by atoms with E-state index in [-0.39, 0.29) is 5.91 Å². The van der Waals surface area contributed by atoms with E-state index in [1.807, 2.05) is 18.2 Å². The summed E-state index contributed by atoms with van der Waals surface area (Å²) >= 11 is 3.11. The Kier molecular flexibility index (Phi) is 7.95. The maximum atomic E-state index is 11.7. The molecule has 0 aliphatic heterocycles. The molecule has 1 aromatic rings. The van der Waals surface area contributed by atoms with E-state index in [1.54, 1.807) is 12.1 Å². The van der Waals surface area contributed by atoms with Crippen molar-refractivity contribution in [3.63, 3.8) is 0 Å². The summed E-state index contributed by atoms with van der Waals surface area (Å²) in [6.07, 6.45) is 4.42. The lowest BCUT2D eigenvalue weighted by Crippen LogP contribution is -2.24. The van der Waals surface area contributed by atoms with E-state index in [1.165, 1.54) is 0 Å². The van der Waals surface area contributed by atoms with E-state index in [4.69, 9.17) is 5.11 Å². The van der Waals surface area contributed by atoms with Gasteiger partial charge in [-0.3, -0.25) is 9.59 Å².